The van der Waals surface area contributed by atoms with E-state index in [1.54, 1.807) is 11.8 Å². The van der Waals surface area contributed by atoms with Gasteiger partial charge in [0.15, 0.2) is 0 Å². The Morgan fingerprint density at radius 1 is 0.607 bits per heavy atom. The summed E-state index contributed by atoms with van der Waals surface area (Å²) < 4.78 is 0. The second kappa shape index (κ2) is 7.08. The van der Waals surface area contributed by atoms with Crippen LogP contribution in [0.25, 0.3) is 43.8 Å². The van der Waals surface area contributed by atoms with E-state index in [9.17, 15) is 0 Å². The van der Waals surface area contributed by atoms with Crippen molar-refractivity contribution in [3.8, 4) is 22.3 Å². The Morgan fingerprint density at radius 2 is 1.18 bits per heavy atom. The summed E-state index contributed by atoms with van der Waals surface area (Å²) in [5.74, 6) is 0. The molecule has 5 aromatic rings. The summed E-state index contributed by atoms with van der Waals surface area (Å²) in [4.78, 5) is 1.30. The smallest absolute Gasteiger partial charge is 0.0148 e. The normalized spacial score (nSPS) is 10.9. The van der Waals surface area contributed by atoms with E-state index in [-0.39, 0.29) is 0 Å². The summed E-state index contributed by atoms with van der Waals surface area (Å²) in [5.41, 5.74) is 5.05. The lowest BCUT2D eigenvalue weighted by atomic mass is 9.86. The molecule has 0 aliphatic rings. The fourth-order valence-corrected chi connectivity index (χ4v) is 4.69. The fourth-order valence-electron chi connectivity index (χ4n) is 4.08. The Morgan fingerprint density at radius 3 is 1.75 bits per heavy atom. The van der Waals surface area contributed by atoms with Crippen LogP contribution < -0.4 is 0 Å². The number of hydrogen-bond donors (Lipinski definition) is 0. The summed E-state index contributed by atoms with van der Waals surface area (Å²) in [7, 11) is 0. The molecule has 0 bridgehead atoms. The maximum Gasteiger partial charge on any atom is 0.0148 e. The average Bonchev–Trinajstić information content (AvgIpc) is 2.78. The number of fused-ring (bicyclic) bond motifs is 2. The van der Waals surface area contributed by atoms with Gasteiger partial charge in [0.05, 0.1) is 0 Å². The Hall–Kier alpha value is -3.21. The van der Waals surface area contributed by atoms with Crippen LogP contribution in [0.3, 0.4) is 0 Å². The Kier molecular flexibility index (Phi) is 4.28. The van der Waals surface area contributed by atoms with Gasteiger partial charge in [0.25, 0.3) is 0 Å². The molecule has 0 saturated carbocycles. The molecule has 0 amide bonds. The molecule has 0 unspecified atom stereocenters. The maximum atomic E-state index is 3.13. The van der Waals surface area contributed by atoms with E-state index in [1.807, 2.05) is 12.1 Å². The first kappa shape index (κ1) is 16.9. The standard InChI is InChI=1S/C27H18S/c1-28-25-18-10-9-17-24(25)27-22-15-7-5-13-20(22)26(19-11-3-2-4-12-19)21-14-6-8-16-23(21)27/h3,5-18H,1H3. The Labute approximate surface area is 169 Å². The van der Waals surface area contributed by atoms with Gasteiger partial charge in [-0.3, -0.25) is 0 Å². The van der Waals surface area contributed by atoms with Crippen molar-refractivity contribution < 1.29 is 0 Å². The molecule has 28 heavy (non-hydrogen) atoms. The third-order valence-electron chi connectivity index (χ3n) is 5.25. The van der Waals surface area contributed by atoms with Gasteiger partial charge in [0.1, 0.15) is 0 Å². The quantitative estimate of drug-likeness (QED) is 0.231. The highest BCUT2D eigenvalue weighted by atomic mass is 32.2. The van der Waals surface area contributed by atoms with Crippen LogP contribution in [-0.2, 0) is 0 Å². The van der Waals surface area contributed by atoms with Crippen LogP contribution in [0.2, 0.25) is 0 Å². The third kappa shape index (κ3) is 2.66. The van der Waals surface area contributed by atoms with E-state index in [2.05, 4.69) is 97.3 Å². The molecule has 0 radical (unpaired) electrons. The zero-order chi connectivity index (χ0) is 18.9. The highest BCUT2D eigenvalue weighted by Crippen LogP contribution is 2.45. The molecule has 0 nitrogen and oxygen atoms in total. The number of thioether (sulfide) groups is 1. The van der Waals surface area contributed by atoms with Crippen molar-refractivity contribution >= 4 is 33.3 Å². The van der Waals surface area contributed by atoms with Crippen LogP contribution >= 0.6 is 11.8 Å². The van der Waals surface area contributed by atoms with Crippen molar-refractivity contribution in [2.75, 3.05) is 6.26 Å². The van der Waals surface area contributed by atoms with E-state index >= 15 is 0 Å². The molecule has 0 N–H and O–H groups in total. The van der Waals surface area contributed by atoms with Gasteiger partial charge in [0, 0.05) is 4.90 Å². The summed E-state index contributed by atoms with van der Waals surface area (Å²) in [6, 6.07) is 38.4. The van der Waals surface area contributed by atoms with Crippen molar-refractivity contribution in [2.45, 2.75) is 4.90 Å². The van der Waals surface area contributed by atoms with Gasteiger partial charge in [-0.1, -0.05) is 78.9 Å². The first-order valence-electron chi connectivity index (χ1n) is 9.33. The summed E-state index contributed by atoms with van der Waals surface area (Å²) in [6.45, 7) is 0. The lowest BCUT2D eigenvalue weighted by molar-refractivity contribution is 1.47. The molecular formula is C27H18S. The van der Waals surface area contributed by atoms with Crippen molar-refractivity contribution in [1.82, 2.24) is 0 Å². The average molecular weight is 375 g/mol. The minimum Gasteiger partial charge on any atom is -0.129 e. The number of rotatable bonds is 3. The zero-order valence-corrected chi connectivity index (χ0v) is 16.4. The second-order valence-corrected chi connectivity index (χ2v) is 7.61. The van der Waals surface area contributed by atoms with Crippen molar-refractivity contribution in [1.29, 1.82) is 0 Å². The molecule has 1 heteroatoms. The maximum absolute atomic E-state index is 3.13. The van der Waals surface area contributed by atoms with Crippen molar-refractivity contribution in [3.63, 3.8) is 0 Å². The molecule has 0 heterocycles. The molecule has 0 aromatic heterocycles. The summed E-state index contributed by atoms with van der Waals surface area (Å²) >= 11 is 1.80. The van der Waals surface area contributed by atoms with Crippen LogP contribution in [0.1, 0.15) is 0 Å². The predicted octanol–water partition coefficient (Wildman–Crippen LogP) is 7.65. The van der Waals surface area contributed by atoms with E-state index in [1.165, 1.54) is 48.7 Å². The third-order valence-corrected chi connectivity index (χ3v) is 6.05. The second-order valence-electron chi connectivity index (χ2n) is 6.76. The van der Waals surface area contributed by atoms with Crippen LogP contribution in [0.15, 0.2) is 95.9 Å². The van der Waals surface area contributed by atoms with Gasteiger partial charge in [-0.15, -0.1) is 11.8 Å². The first-order valence-corrected chi connectivity index (χ1v) is 10.6. The molecule has 0 aliphatic carbocycles. The zero-order valence-electron chi connectivity index (χ0n) is 15.6. The topological polar surface area (TPSA) is 0 Å². The SMILES string of the molecule is CSc1ccccc1-c1c2ccccc2c(-c2cc#ccc2)c2ccccc12. The van der Waals surface area contributed by atoms with E-state index < -0.39 is 0 Å². The first-order chi connectivity index (χ1) is 13.9. The van der Waals surface area contributed by atoms with Crippen LogP contribution in [0, 0.1) is 12.1 Å². The molecule has 0 spiro atoms. The van der Waals surface area contributed by atoms with E-state index in [0.717, 1.165) is 0 Å². The molecule has 132 valence electrons. The minimum atomic E-state index is 1.18. The molecule has 0 fully saturated rings. The minimum absolute atomic E-state index is 1.18. The van der Waals surface area contributed by atoms with Crippen molar-refractivity contribution in [3.05, 3.63) is 103 Å². The largest absolute Gasteiger partial charge is 0.129 e. The molecule has 0 aliphatic heterocycles. The van der Waals surface area contributed by atoms with Gasteiger partial charge in [-0.05, 0) is 74.3 Å². The number of hydrogen-bond acceptors (Lipinski definition) is 1. The number of benzene rings is 4. The Balaban J connectivity index is 2.01. The monoisotopic (exact) mass is 374 g/mol. The molecular weight excluding hydrogens is 356 g/mol. The Bertz CT molecular complexity index is 1230. The fraction of sp³-hybridized carbons (Fsp3) is 0.0370. The molecule has 0 saturated heterocycles. The summed E-state index contributed by atoms with van der Waals surface area (Å²) in [5, 5.41) is 5.11. The van der Waals surface area contributed by atoms with Gasteiger partial charge in [-0.2, -0.15) is 0 Å². The lowest BCUT2D eigenvalue weighted by Crippen LogP contribution is -1.91. The molecule has 5 rings (SSSR count). The lowest BCUT2D eigenvalue weighted by Gasteiger charge is -2.18. The van der Waals surface area contributed by atoms with E-state index in [4.69, 9.17) is 0 Å². The molecule has 5 aromatic carbocycles. The molecule has 0 atom stereocenters. The van der Waals surface area contributed by atoms with Gasteiger partial charge in [0.2, 0.25) is 0 Å². The summed E-state index contributed by atoms with van der Waals surface area (Å²) in [6.07, 6.45) is 2.15. The highest BCUT2D eigenvalue weighted by Gasteiger charge is 2.17. The van der Waals surface area contributed by atoms with Gasteiger partial charge < -0.3 is 0 Å². The highest BCUT2D eigenvalue weighted by molar-refractivity contribution is 7.98. The van der Waals surface area contributed by atoms with Gasteiger partial charge in [-0.25, -0.2) is 0 Å². The van der Waals surface area contributed by atoms with Crippen LogP contribution in [0.5, 0.6) is 0 Å². The van der Waals surface area contributed by atoms with Crippen LogP contribution in [-0.4, -0.2) is 6.26 Å². The van der Waals surface area contributed by atoms with Gasteiger partial charge >= 0.3 is 0 Å². The van der Waals surface area contributed by atoms with Crippen LogP contribution in [0.4, 0.5) is 0 Å². The van der Waals surface area contributed by atoms with Crippen molar-refractivity contribution in [2.24, 2.45) is 0 Å². The predicted molar refractivity (Wildman–Crippen MR) is 122 cm³/mol. The van der Waals surface area contributed by atoms with E-state index in [0.29, 0.717) is 0 Å².